The number of hydrogen-bond acceptors (Lipinski definition) is 3. The average molecular weight is 237 g/mol. The lowest BCUT2D eigenvalue weighted by molar-refractivity contribution is -0.132. The van der Waals surface area contributed by atoms with Gasteiger partial charge in [-0.15, -0.1) is 0 Å². The lowest BCUT2D eigenvalue weighted by atomic mass is 10.1. The fourth-order valence-electron chi connectivity index (χ4n) is 2.01. The Hall–Kier alpha value is -1.78. The van der Waals surface area contributed by atoms with Crippen LogP contribution in [0.15, 0.2) is 18.2 Å². The molecular weight excluding hydrogens is 221 g/mol. The Labute approximate surface area is 99.6 Å². The summed E-state index contributed by atoms with van der Waals surface area (Å²) < 4.78 is 13.2. The van der Waals surface area contributed by atoms with Crippen LogP contribution in [0.2, 0.25) is 0 Å². The van der Waals surface area contributed by atoms with Crippen LogP contribution in [0.3, 0.4) is 0 Å². The number of likely N-dealkylation sites (N-methyl/N-ethyl adjacent to an activating group) is 1. The van der Waals surface area contributed by atoms with Crippen molar-refractivity contribution in [2.24, 2.45) is 0 Å². The highest BCUT2D eigenvalue weighted by Gasteiger charge is 2.23. The number of likely N-dealkylation sites (tertiary alicyclic amines) is 1. The maximum atomic E-state index is 13.2. The summed E-state index contributed by atoms with van der Waals surface area (Å²) in [4.78, 5) is 13.0. The highest BCUT2D eigenvalue weighted by molar-refractivity contribution is 5.77. The molecule has 0 saturated carbocycles. The summed E-state index contributed by atoms with van der Waals surface area (Å²) in [6.45, 7) is 0.620. The molecule has 1 aliphatic heterocycles. The highest BCUT2D eigenvalue weighted by atomic mass is 19.1. The first kappa shape index (κ1) is 11.7. The van der Waals surface area contributed by atoms with Gasteiger partial charge in [-0.2, -0.15) is 0 Å². The molecule has 92 valence electrons. The number of nitrogens with zero attached hydrogens (tertiary/aromatic N) is 1. The molecule has 1 atom stereocenters. The minimum Gasteiger partial charge on any atom is -0.395 e. The fourth-order valence-corrected chi connectivity index (χ4v) is 2.01. The van der Waals surface area contributed by atoms with E-state index in [4.69, 9.17) is 5.73 Å². The van der Waals surface area contributed by atoms with Gasteiger partial charge >= 0.3 is 0 Å². The smallest absolute Gasteiger partial charge is 0.222 e. The summed E-state index contributed by atoms with van der Waals surface area (Å²) in [6.07, 6.45) is 1.27. The Balaban J connectivity index is 2.06. The van der Waals surface area contributed by atoms with Gasteiger partial charge in [-0.05, 0) is 18.6 Å². The van der Waals surface area contributed by atoms with E-state index in [1.165, 1.54) is 6.07 Å². The van der Waals surface area contributed by atoms with Crippen LogP contribution in [0, 0.1) is 5.82 Å². The first-order chi connectivity index (χ1) is 8.08. The molecule has 0 spiro atoms. The standard InChI is InChI=1S/C12H16FN3O/c1-16-7-8(5-6-11(16)17)15-10-4-2-3-9(13)12(10)14/h2-4,8,15H,5-7,14H2,1H3. The molecule has 1 aliphatic rings. The zero-order valence-corrected chi connectivity index (χ0v) is 9.74. The summed E-state index contributed by atoms with van der Waals surface area (Å²) in [6, 6.07) is 4.82. The largest absolute Gasteiger partial charge is 0.395 e. The molecule has 1 heterocycles. The van der Waals surface area contributed by atoms with E-state index >= 15 is 0 Å². The molecule has 17 heavy (non-hydrogen) atoms. The maximum Gasteiger partial charge on any atom is 0.222 e. The normalized spacial score (nSPS) is 20.5. The fraction of sp³-hybridized carbons (Fsp3) is 0.417. The SMILES string of the molecule is CN1CC(Nc2cccc(F)c2N)CCC1=O. The molecule has 1 aromatic carbocycles. The monoisotopic (exact) mass is 237 g/mol. The van der Waals surface area contributed by atoms with Crippen molar-refractivity contribution in [2.45, 2.75) is 18.9 Å². The molecule has 0 bridgehead atoms. The zero-order valence-electron chi connectivity index (χ0n) is 9.74. The Morgan fingerprint density at radius 1 is 1.53 bits per heavy atom. The molecule has 1 amide bonds. The van der Waals surface area contributed by atoms with Gasteiger partial charge in [0.1, 0.15) is 5.82 Å². The van der Waals surface area contributed by atoms with Crippen molar-refractivity contribution in [3.05, 3.63) is 24.0 Å². The van der Waals surface area contributed by atoms with Gasteiger partial charge in [-0.1, -0.05) is 6.07 Å². The van der Waals surface area contributed by atoms with Gasteiger partial charge < -0.3 is 16.0 Å². The second-order valence-electron chi connectivity index (χ2n) is 4.36. The molecule has 1 aromatic rings. The minimum atomic E-state index is -0.421. The maximum absolute atomic E-state index is 13.2. The van der Waals surface area contributed by atoms with Crippen molar-refractivity contribution in [3.63, 3.8) is 0 Å². The van der Waals surface area contributed by atoms with Crippen molar-refractivity contribution >= 4 is 17.3 Å². The first-order valence-corrected chi connectivity index (χ1v) is 5.62. The van der Waals surface area contributed by atoms with E-state index in [2.05, 4.69) is 5.32 Å². The highest BCUT2D eigenvalue weighted by Crippen LogP contribution is 2.24. The third kappa shape index (κ3) is 2.49. The Kier molecular flexibility index (Phi) is 3.17. The van der Waals surface area contributed by atoms with Crippen LogP contribution in [0.5, 0.6) is 0 Å². The summed E-state index contributed by atoms with van der Waals surface area (Å²) >= 11 is 0. The third-order valence-corrected chi connectivity index (χ3v) is 3.04. The number of nitrogens with two attached hydrogens (primary N) is 1. The molecule has 4 nitrogen and oxygen atoms in total. The first-order valence-electron chi connectivity index (χ1n) is 5.62. The summed E-state index contributed by atoms with van der Waals surface area (Å²) in [5.74, 6) is -0.273. The van der Waals surface area contributed by atoms with Crippen LogP contribution in [0.1, 0.15) is 12.8 Å². The number of nitrogen functional groups attached to an aromatic ring is 1. The molecular formula is C12H16FN3O. The topological polar surface area (TPSA) is 58.4 Å². The van der Waals surface area contributed by atoms with Gasteiger partial charge in [0, 0.05) is 26.1 Å². The van der Waals surface area contributed by atoms with Crippen LogP contribution in [0.4, 0.5) is 15.8 Å². The van der Waals surface area contributed by atoms with Crippen molar-refractivity contribution in [3.8, 4) is 0 Å². The molecule has 2 rings (SSSR count). The molecule has 0 radical (unpaired) electrons. The number of para-hydroxylation sites is 1. The predicted molar refractivity (Wildman–Crippen MR) is 65.1 cm³/mol. The van der Waals surface area contributed by atoms with E-state index in [0.717, 1.165) is 6.42 Å². The van der Waals surface area contributed by atoms with Gasteiger partial charge in [-0.25, -0.2) is 4.39 Å². The number of piperidine rings is 1. The number of benzene rings is 1. The Morgan fingerprint density at radius 2 is 2.29 bits per heavy atom. The van der Waals surface area contributed by atoms with E-state index in [1.54, 1.807) is 24.1 Å². The molecule has 0 aliphatic carbocycles. The number of amides is 1. The Bertz CT molecular complexity index is 436. The van der Waals surface area contributed by atoms with Gasteiger partial charge in [0.2, 0.25) is 5.91 Å². The van der Waals surface area contributed by atoms with Gasteiger partial charge in [0.15, 0.2) is 0 Å². The lowest BCUT2D eigenvalue weighted by Crippen LogP contribution is -2.43. The molecule has 1 fully saturated rings. The number of carbonyl (C=O) groups excluding carboxylic acids is 1. The number of halogens is 1. The van der Waals surface area contributed by atoms with E-state index in [-0.39, 0.29) is 17.6 Å². The second-order valence-corrected chi connectivity index (χ2v) is 4.36. The van der Waals surface area contributed by atoms with Crippen molar-refractivity contribution in [1.29, 1.82) is 0 Å². The van der Waals surface area contributed by atoms with Crippen LogP contribution in [-0.4, -0.2) is 30.4 Å². The van der Waals surface area contributed by atoms with E-state index in [1.807, 2.05) is 0 Å². The third-order valence-electron chi connectivity index (χ3n) is 3.04. The molecule has 0 aromatic heterocycles. The summed E-state index contributed by atoms with van der Waals surface area (Å²) in [5.41, 5.74) is 6.37. The number of anilines is 2. The summed E-state index contributed by atoms with van der Waals surface area (Å²) in [5, 5.41) is 3.18. The molecule has 1 unspecified atom stereocenters. The zero-order chi connectivity index (χ0) is 12.4. The van der Waals surface area contributed by atoms with Crippen molar-refractivity contribution < 1.29 is 9.18 Å². The molecule has 3 N–H and O–H groups in total. The number of rotatable bonds is 2. The number of nitrogens with one attached hydrogen (secondary N) is 1. The average Bonchev–Trinajstić information content (AvgIpc) is 2.30. The Morgan fingerprint density at radius 3 is 3.00 bits per heavy atom. The summed E-state index contributed by atoms with van der Waals surface area (Å²) in [7, 11) is 1.77. The van der Waals surface area contributed by atoms with Crippen LogP contribution >= 0.6 is 0 Å². The predicted octanol–water partition coefficient (Wildman–Crippen LogP) is 1.44. The van der Waals surface area contributed by atoms with E-state index in [0.29, 0.717) is 18.7 Å². The molecule has 5 heteroatoms. The van der Waals surface area contributed by atoms with Crippen molar-refractivity contribution in [1.82, 2.24) is 4.90 Å². The number of hydrogen-bond donors (Lipinski definition) is 2. The quantitative estimate of drug-likeness (QED) is 0.765. The minimum absolute atomic E-state index is 0.127. The van der Waals surface area contributed by atoms with E-state index < -0.39 is 5.82 Å². The number of carbonyl (C=O) groups is 1. The lowest BCUT2D eigenvalue weighted by Gasteiger charge is -2.31. The van der Waals surface area contributed by atoms with Crippen molar-refractivity contribution in [2.75, 3.05) is 24.6 Å². The molecule has 1 saturated heterocycles. The van der Waals surface area contributed by atoms with Crippen LogP contribution < -0.4 is 11.1 Å². The van der Waals surface area contributed by atoms with E-state index in [9.17, 15) is 9.18 Å². The van der Waals surface area contributed by atoms with Gasteiger partial charge in [0.05, 0.1) is 11.4 Å². The second kappa shape index (κ2) is 4.61. The van der Waals surface area contributed by atoms with Gasteiger partial charge in [0.25, 0.3) is 0 Å². The van der Waals surface area contributed by atoms with Crippen LogP contribution in [0.25, 0.3) is 0 Å². The van der Waals surface area contributed by atoms with Crippen LogP contribution in [-0.2, 0) is 4.79 Å². The van der Waals surface area contributed by atoms with Gasteiger partial charge in [-0.3, -0.25) is 4.79 Å².